The first kappa shape index (κ1) is 17.5. The fourth-order valence-electron chi connectivity index (χ4n) is 2.32. The molecule has 0 bridgehead atoms. The largest absolute Gasteiger partial charge is 0.418 e. The van der Waals surface area contributed by atoms with E-state index in [0.29, 0.717) is 27.1 Å². The quantitative estimate of drug-likeness (QED) is 0.610. The molecule has 1 atom stereocenters. The molecule has 1 aromatic carbocycles. The molecule has 0 radical (unpaired) electrons. The molecule has 1 aromatic rings. The summed E-state index contributed by atoms with van der Waals surface area (Å²) in [5, 5.41) is 1.01. The van der Waals surface area contributed by atoms with Gasteiger partial charge in [0.2, 0.25) is 0 Å². The van der Waals surface area contributed by atoms with E-state index in [1.165, 1.54) is 17.0 Å². The molecule has 0 heterocycles. The molecule has 0 aliphatic heterocycles. The van der Waals surface area contributed by atoms with Crippen molar-refractivity contribution in [2.45, 2.75) is 18.5 Å². The van der Waals surface area contributed by atoms with Crippen LogP contribution in [0.25, 0.3) is 0 Å². The minimum Gasteiger partial charge on any atom is -0.377 e. The third-order valence-corrected chi connectivity index (χ3v) is 4.72. The number of halogens is 6. The van der Waals surface area contributed by atoms with Crippen molar-refractivity contribution in [2.75, 3.05) is 19.0 Å². The monoisotopic (exact) mass is 369 g/mol. The summed E-state index contributed by atoms with van der Waals surface area (Å²) in [5.74, 6) is -0.205. The fraction of sp³-hybridized carbons (Fsp3) is 0.333. The van der Waals surface area contributed by atoms with Gasteiger partial charge in [0, 0.05) is 30.7 Å². The summed E-state index contributed by atoms with van der Waals surface area (Å²) in [6.45, 7) is 0. The van der Waals surface area contributed by atoms with Gasteiger partial charge in [0.05, 0.1) is 15.6 Å². The van der Waals surface area contributed by atoms with Crippen LogP contribution in [0.2, 0.25) is 0 Å². The highest BCUT2D eigenvalue weighted by molar-refractivity contribution is 6.48. The van der Waals surface area contributed by atoms with Gasteiger partial charge < -0.3 is 4.90 Å². The van der Waals surface area contributed by atoms with Crippen molar-refractivity contribution >= 4 is 40.5 Å². The Morgan fingerprint density at radius 3 is 2.27 bits per heavy atom. The second kappa shape index (κ2) is 6.34. The Bertz CT molecular complexity index is 648. The Labute approximate surface area is 141 Å². The number of nitrogens with zero attached hydrogens (tertiary/aromatic N) is 1. The van der Waals surface area contributed by atoms with Crippen molar-refractivity contribution in [1.29, 1.82) is 0 Å². The summed E-state index contributed by atoms with van der Waals surface area (Å²) in [5.41, 5.74) is 0.135. The summed E-state index contributed by atoms with van der Waals surface area (Å²) in [4.78, 5) is 1.44. The highest BCUT2D eigenvalue weighted by Crippen LogP contribution is 2.42. The number of rotatable bonds is 2. The summed E-state index contributed by atoms with van der Waals surface area (Å²) in [7, 11) is 3.14. The topological polar surface area (TPSA) is 3.24 Å². The summed E-state index contributed by atoms with van der Waals surface area (Å²) in [6, 6.07) is 4.04. The number of benzene rings is 1. The van der Waals surface area contributed by atoms with Crippen molar-refractivity contribution in [3.05, 3.63) is 50.5 Å². The van der Waals surface area contributed by atoms with Crippen molar-refractivity contribution in [2.24, 2.45) is 0 Å². The van der Waals surface area contributed by atoms with Crippen LogP contribution in [0.1, 0.15) is 23.5 Å². The highest BCUT2D eigenvalue weighted by atomic mass is 35.5. The molecule has 2 rings (SSSR count). The maximum Gasteiger partial charge on any atom is 0.418 e. The van der Waals surface area contributed by atoms with Crippen LogP contribution in [0.15, 0.2) is 39.4 Å². The standard InChI is InChI=1S/C15H13Cl3F3N/c1-22(2)13-7-8(3-4-10(13)15(19,20)21)9-5-11(16)14(18)12(17)6-9/h3-5,7,9H,6H2,1-2H3. The van der Waals surface area contributed by atoms with Crippen LogP contribution in [-0.2, 0) is 6.18 Å². The van der Waals surface area contributed by atoms with Gasteiger partial charge in [-0.2, -0.15) is 13.2 Å². The molecule has 1 aliphatic rings. The first-order chi connectivity index (χ1) is 10.1. The zero-order valence-electron chi connectivity index (χ0n) is 11.8. The van der Waals surface area contributed by atoms with Crippen LogP contribution >= 0.6 is 34.8 Å². The van der Waals surface area contributed by atoms with Crippen molar-refractivity contribution in [3.63, 3.8) is 0 Å². The van der Waals surface area contributed by atoms with E-state index in [-0.39, 0.29) is 11.6 Å². The Hall–Kier alpha value is -0.840. The number of allylic oxidation sites excluding steroid dienone is 4. The molecule has 1 aliphatic carbocycles. The van der Waals surface area contributed by atoms with Gasteiger partial charge in [-0.15, -0.1) is 0 Å². The number of alkyl halides is 3. The lowest BCUT2D eigenvalue weighted by Crippen LogP contribution is -2.17. The normalized spacial score (nSPS) is 19.3. The third-order valence-electron chi connectivity index (χ3n) is 3.43. The van der Waals surface area contributed by atoms with Gasteiger partial charge in [-0.05, 0) is 24.1 Å². The van der Waals surface area contributed by atoms with E-state index in [2.05, 4.69) is 0 Å². The summed E-state index contributed by atoms with van der Waals surface area (Å²) >= 11 is 18.0. The molecule has 0 N–H and O–H groups in total. The second-order valence-corrected chi connectivity index (χ2v) is 6.45. The Morgan fingerprint density at radius 2 is 1.77 bits per heavy atom. The molecule has 22 heavy (non-hydrogen) atoms. The summed E-state index contributed by atoms with van der Waals surface area (Å²) < 4.78 is 39.2. The number of hydrogen-bond donors (Lipinski definition) is 0. The average molecular weight is 371 g/mol. The van der Waals surface area contributed by atoms with Crippen LogP contribution < -0.4 is 4.90 Å². The molecule has 0 aromatic heterocycles. The van der Waals surface area contributed by atoms with E-state index in [9.17, 15) is 13.2 Å². The van der Waals surface area contributed by atoms with Crippen molar-refractivity contribution in [3.8, 4) is 0 Å². The molecule has 1 unspecified atom stereocenters. The Morgan fingerprint density at radius 1 is 1.14 bits per heavy atom. The Balaban J connectivity index is 2.45. The Kier molecular flexibility index (Phi) is 5.05. The maximum absolute atomic E-state index is 13.1. The van der Waals surface area contributed by atoms with Crippen LogP contribution in [0, 0.1) is 0 Å². The lowest BCUT2D eigenvalue weighted by Gasteiger charge is -2.24. The number of hydrogen-bond acceptors (Lipinski definition) is 1. The van der Waals surface area contributed by atoms with Crippen LogP contribution in [0.5, 0.6) is 0 Å². The minimum absolute atomic E-state index is 0.103. The highest BCUT2D eigenvalue weighted by Gasteiger charge is 2.34. The molecular formula is C15H13Cl3F3N. The molecular weight excluding hydrogens is 358 g/mol. The number of anilines is 1. The smallest absolute Gasteiger partial charge is 0.377 e. The van der Waals surface area contributed by atoms with Gasteiger partial charge in [-0.1, -0.05) is 46.9 Å². The van der Waals surface area contributed by atoms with Crippen LogP contribution in [0.4, 0.5) is 18.9 Å². The fourth-order valence-corrected chi connectivity index (χ4v) is 3.05. The average Bonchev–Trinajstić information content (AvgIpc) is 2.42. The molecule has 0 amide bonds. The van der Waals surface area contributed by atoms with E-state index >= 15 is 0 Å². The SMILES string of the molecule is CN(C)c1cc(C2C=C(Cl)C(Cl)=C(Cl)C2)ccc1C(F)(F)F. The van der Waals surface area contributed by atoms with Gasteiger partial charge in [0.1, 0.15) is 0 Å². The van der Waals surface area contributed by atoms with E-state index in [4.69, 9.17) is 34.8 Å². The molecule has 0 saturated carbocycles. The van der Waals surface area contributed by atoms with Gasteiger partial charge in [0.25, 0.3) is 0 Å². The molecule has 1 nitrogen and oxygen atoms in total. The molecule has 7 heteroatoms. The van der Waals surface area contributed by atoms with Crippen molar-refractivity contribution in [1.82, 2.24) is 0 Å². The summed E-state index contributed by atoms with van der Waals surface area (Å²) in [6.07, 6.45) is -2.29. The molecule has 0 saturated heterocycles. The van der Waals surface area contributed by atoms with Gasteiger partial charge in [-0.25, -0.2) is 0 Å². The van der Waals surface area contributed by atoms with Crippen LogP contribution in [-0.4, -0.2) is 14.1 Å². The zero-order valence-corrected chi connectivity index (χ0v) is 14.1. The van der Waals surface area contributed by atoms with E-state index in [1.54, 1.807) is 20.2 Å². The first-order valence-corrected chi connectivity index (χ1v) is 7.55. The third kappa shape index (κ3) is 3.55. The minimum atomic E-state index is -4.40. The van der Waals surface area contributed by atoms with E-state index in [0.717, 1.165) is 6.07 Å². The van der Waals surface area contributed by atoms with E-state index < -0.39 is 11.7 Å². The predicted molar refractivity (Wildman–Crippen MR) is 85.8 cm³/mol. The van der Waals surface area contributed by atoms with Gasteiger partial charge >= 0.3 is 6.18 Å². The van der Waals surface area contributed by atoms with Crippen LogP contribution in [0.3, 0.4) is 0 Å². The van der Waals surface area contributed by atoms with Gasteiger partial charge in [0.15, 0.2) is 0 Å². The lowest BCUT2D eigenvalue weighted by molar-refractivity contribution is -0.137. The first-order valence-electron chi connectivity index (χ1n) is 6.41. The molecule has 120 valence electrons. The lowest BCUT2D eigenvalue weighted by atomic mass is 9.91. The van der Waals surface area contributed by atoms with E-state index in [1.807, 2.05) is 0 Å². The zero-order chi connectivity index (χ0) is 16.7. The predicted octanol–water partition coefficient (Wildman–Crippen LogP) is 6.07. The van der Waals surface area contributed by atoms with Gasteiger partial charge in [-0.3, -0.25) is 0 Å². The molecule has 0 spiro atoms. The second-order valence-electron chi connectivity index (χ2n) is 5.21. The molecule has 0 fully saturated rings. The maximum atomic E-state index is 13.1. The van der Waals surface area contributed by atoms with Crippen molar-refractivity contribution < 1.29 is 13.2 Å².